The van der Waals surface area contributed by atoms with E-state index in [1.54, 1.807) is 6.92 Å². The van der Waals surface area contributed by atoms with Gasteiger partial charge >= 0.3 is 5.97 Å². The third-order valence-electron chi connectivity index (χ3n) is 3.84. The topological polar surface area (TPSA) is 74.3 Å². The number of aryl methyl sites for hydroxylation is 2. The predicted molar refractivity (Wildman–Crippen MR) is 90.2 cm³/mol. The van der Waals surface area contributed by atoms with E-state index in [0.717, 1.165) is 30.0 Å². The zero-order valence-electron chi connectivity index (χ0n) is 13.9. The van der Waals surface area contributed by atoms with Gasteiger partial charge < -0.3 is 20.1 Å². The van der Waals surface area contributed by atoms with E-state index in [0.29, 0.717) is 24.4 Å². The number of carboxylic acids is 1. The Kier molecular flexibility index (Phi) is 5.82. The third kappa shape index (κ3) is 4.36. The van der Waals surface area contributed by atoms with Crippen molar-refractivity contribution in [1.82, 2.24) is 10.3 Å². The average Bonchev–Trinajstić information content (AvgIpc) is 2.79. The number of H-pyrrole nitrogens is 1. The molecule has 2 aromatic rings. The van der Waals surface area contributed by atoms with Gasteiger partial charge in [-0.05, 0) is 51.4 Å². The van der Waals surface area contributed by atoms with E-state index in [4.69, 9.17) is 4.74 Å². The lowest BCUT2D eigenvalue weighted by Crippen LogP contribution is -2.18. The number of hydrogen-bond donors (Lipinski definition) is 3. The molecule has 0 bridgehead atoms. The van der Waals surface area contributed by atoms with Crippen LogP contribution in [0.25, 0.3) is 0 Å². The number of carboxylic acid groups (broad SMARTS) is 1. The van der Waals surface area contributed by atoms with Crippen molar-refractivity contribution < 1.29 is 14.6 Å². The summed E-state index contributed by atoms with van der Waals surface area (Å²) in [4.78, 5) is 14.4. The summed E-state index contributed by atoms with van der Waals surface area (Å²) in [6.45, 7) is 7.67. The van der Waals surface area contributed by atoms with E-state index in [-0.39, 0.29) is 0 Å². The average molecular weight is 316 g/mol. The summed E-state index contributed by atoms with van der Waals surface area (Å²) < 4.78 is 5.42. The SMILES string of the molecule is CCOc1ccc(CCNCc2c(C)[nH]c(C)c2C(=O)O)cc1. The summed E-state index contributed by atoms with van der Waals surface area (Å²) in [5.41, 5.74) is 4.06. The van der Waals surface area contributed by atoms with Gasteiger partial charge in [0.15, 0.2) is 0 Å². The molecule has 0 atom stereocenters. The molecule has 0 saturated heterocycles. The van der Waals surface area contributed by atoms with Crippen LogP contribution in [0.1, 0.15) is 39.8 Å². The minimum Gasteiger partial charge on any atom is -0.494 e. The van der Waals surface area contributed by atoms with Gasteiger partial charge in [0.25, 0.3) is 0 Å². The fraction of sp³-hybridized carbons (Fsp3) is 0.389. The molecule has 1 aromatic heterocycles. The van der Waals surface area contributed by atoms with Crippen LogP contribution in [0.4, 0.5) is 0 Å². The highest BCUT2D eigenvalue weighted by Gasteiger charge is 2.17. The molecule has 1 heterocycles. The van der Waals surface area contributed by atoms with E-state index in [2.05, 4.69) is 22.4 Å². The highest BCUT2D eigenvalue weighted by Crippen LogP contribution is 2.18. The Bertz CT molecular complexity index is 660. The second kappa shape index (κ2) is 7.83. The molecular formula is C18H24N2O3. The van der Waals surface area contributed by atoms with Crippen molar-refractivity contribution in [3.8, 4) is 5.75 Å². The highest BCUT2D eigenvalue weighted by molar-refractivity contribution is 5.91. The molecule has 0 unspecified atom stereocenters. The number of carbonyl (C=O) groups is 1. The summed E-state index contributed by atoms with van der Waals surface area (Å²) in [6.07, 6.45) is 0.886. The minimum atomic E-state index is -0.879. The molecule has 0 fully saturated rings. The lowest BCUT2D eigenvalue weighted by Gasteiger charge is -2.07. The van der Waals surface area contributed by atoms with Crippen molar-refractivity contribution in [2.45, 2.75) is 33.7 Å². The van der Waals surface area contributed by atoms with E-state index in [9.17, 15) is 9.90 Å². The molecule has 0 saturated carbocycles. The quantitative estimate of drug-likeness (QED) is 0.654. The van der Waals surface area contributed by atoms with Gasteiger partial charge in [0.1, 0.15) is 5.75 Å². The van der Waals surface area contributed by atoms with E-state index < -0.39 is 5.97 Å². The van der Waals surface area contributed by atoms with E-state index >= 15 is 0 Å². The molecule has 0 aliphatic carbocycles. The summed E-state index contributed by atoms with van der Waals surface area (Å²) in [5, 5.41) is 12.6. The second-order valence-electron chi connectivity index (χ2n) is 5.54. The van der Waals surface area contributed by atoms with E-state index in [1.807, 2.05) is 26.0 Å². The third-order valence-corrected chi connectivity index (χ3v) is 3.84. The minimum absolute atomic E-state index is 0.385. The molecule has 23 heavy (non-hydrogen) atoms. The van der Waals surface area contributed by atoms with Crippen LogP contribution in [-0.2, 0) is 13.0 Å². The van der Waals surface area contributed by atoms with Gasteiger partial charge in [-0.2, -0.15) is 0 Å². The monoisotopic (exact) mass is 316 g/mol. The lowest BCUT2D eigenvalue weighted by molar-refractivity contribution is 0.0695. The first-order chi connectivity index (χ1) is 11.0. The van der Waals surface area contributed by atoms with Gasteiger partial charge in [-0.15, -0.1) is 0 Å². The Hall–Kier alpha value is -2.27. The maximum absolute atomic E-state index is 11.3. The zero-order chi connectivity index (χ0) is 16.8. The fourth-order valence-electron chi connectivity index (χ4n) is 2.71. The summed E-state index contributed by atoms with van der Waals surface area (Å²) in [7, 11) is 0. The number of ether oxygens (including phenoxy) is 1. The maximum Gasteiger partial charge on any atom is 0.337 e. The van der Waals surface area contributed by atoms with Crippen LogP contribution in [0.5, 0.6) is 5.75 Å². The van der Waals surface area contributed by atoms with Crippen LogP contribution in [-0.4, -0.2) is 29.2 Å². The van der Waals surface area contributed by atoms with Crippen molar-refractivity contribution in [2.24, 2.45) is 0 Å². The Morgan fingerprint density at radius 2 is 1.91 bits per heavy atom. The Balaban J connectivity index is 1.87. The Labute approximate surface area is 136 Å². The molecular weight excluding hydrogens is 292 g/mol. The van der Waals surface area contributed by atoms with Gasteiger partial charge in [0, 0.05) is 23.5 Å². The number of nitrogens with one attached hydrogen (secondary N) is 2. The van der Waals surface area contributed by atoms with Crippen LogP contribution in [0.2, 0.25) is 0 Å². The van der Waals surface area contributed by atoms with Gasteiger partial charge in [0.2, 0.25) is 0 Å². The predicted octanol–water partition coefficient (Wildman–Crippen LogP) is 3.06. The molecule has 0 radical (unpaired) electrons. The smallest absolute Gasteiger partial charge is 0.337 e. The van der Waals surface area contributed by atoms with Crippen LogP contribution < -0.4 is 10.1 Å². The zero-order valence-corrected chi connectivity index (χ0v) is 13.9. The van der Waals surface area contributed by atoms with Crippen LogP contribution in [0.15, 0.2) is 24.3 Å². The number of aromatic carboxylic acids is 1. The van der Waals surface area contributed by atoms with Gasteiger partial charge in [-0.25, -0.2) is 4.79 Å². The summed E-state index contributed by atoms with van der Waals surface area (Å²) in [6, 6.07) is 8.06. The van der Waals surface area contributed by atoms with Crippen LogP contribution in [0, 0.1) is 13.8 Å². The molecule has 3 N–H and O–H groups in total. The molecule has 0 spiro atoms. The van der Waals surface area contributed by atoms with Crippen molar-refractivity contribution in [3.05, 3.63) is 52.3 Å². The normalized spacial score (nSPS) is 10.7. The number of aromatic nitrogens is 1. The second-order valence-corrected chi connectivity index (χ2v) is 5.54. The standard InChI is InChI=1S/C18H24N2O3/c1-4-23-15-7-5-14(6-8-15)9-10-19-11-16-12(2)20-13(3)17(16)18(21)22/h5-8,19-20H,4,9-11H2,1-3H3,(H,21,22). The molecule has 0 amide bonds. The lowest BCUT2D eigenvalue weighted by atomic mass is 10.1. The van der Waals surface area contributed by atoms with Crippen molar-refractivity contribution in [1.29, 1.82) is 0 Å². The van der Waals surface area contributed by atoms with Crippen LogP contribution in [0.3, 0.4) is 0 Å². The first kappa shape index (κ1) is 17.1. The molecule has 0 aliphatic rings. The highest BCUT2D eigenvalue weighted by atomic mass is 16.5. The molecule has 0 aliphatic heterocycles. The van der Waals surface area contributed by atoms with Gasteiger partial charge in [-0.1, -0.05) is 12.1 Å². The Morgan fingerprint density at radius 3 is 2.52 bits per heavy atom. The van der Waals surface area contributed by atoms with Crippen LogP contribution >= 0.6 is 0 Å². The molecule has 2 rings (SSSR count). The van der Waals surface area contributed by atoms with E-state index in [1.165, 1.54) is 5.56 Å². The number of hydrogen-bond acceptors (Lipinski definition) is 3. The fourth-order valence-corrected chi connectivity index (χ4v) is 2.71. The number of rotatable bonds is 8. The maximum atomic E-state index is 11.3. The van der Waals surface area contributed by atoms with Crippen molar-refractivity contribution >= 4 is 5.97 Å². The number of benzene rings is 1. The molecule has 5 heteroatoms. The van der Waals surface area contributed by atoms with Gasteiger partial charge in [-0.3, -0.25) is 0 Å². The molecule has 5 nitrogen and oxygen atoms in total. The Morgan fingerprint density at radius 1 is 1.22 bits per heavy atom. The molecule has 1 aromatic carbocycles. The largest absolute Gasteiger partial charge is 0.494 e. The summed E-state index contributed by atoms with van der Waals surface area (Å²) >= 11 is 0. The first-order valence-electron chi connectivity index (χ1n) is 7.86. The van der Waals surface area contributed by atoms with Crippen molar-refractivity contribution in [3.63, 3.8) is 0 Å². The van der Waals surface area contributed by atoms with Crippen molar-refractivity contribution in [2.75, 3.05) is 13.2 Å². The first-order valence-corrected chi connectivity index (χ1v) is 7.86. The van der Waals surface area contributed by atoms with Gasteiger partial charge in [0.05, 0.1) is 12.2 Å². The number of aromatic amines is 1. The summed E-state index contributed by atoms with van der Waals surface area (Å²) in [5.74, 6) is 0.00361. The molecule has 124 valence electrons.